The van der Waals surface area contributed by atoms with E-state index in [4.69, 9.17) is 9.84 Å². The molecule has 5 nitrogen and oxygen atoms in total. The summed E-state index contributed by atoms with van der Waals surface area (Å²) < 4.78 is 6.01. The molecule has 0 unspecified atom stereocenters. The fourth-order valence-corrected chi connectivity index (χ4v) is 2.73. The number of nitrogens with zero attached hydrogens (tertiary/aromatic N) is 1. The van der Waals surface area contributed by atoms with Gasteiger partial charge in [0.2, 0.25) is 0 Å². The van der Waals surface area contributed by atoms with E-state index in [1.54, 1.807) is 20.8 Å². The smallest absolute Gasteiger partial charge is 0.419 e. The minimum Gasteiger partial charge on any atom is -0.465 e. The minimum absolute atomic E-state index is 0.0806. The molecule has 0 aliphatic heterocycles. The van der Waals surface area contributed by atoms with Crippen molar-refractivity contribution in [1.82, 2.24) is 4.90 Å². The summed E-state index contributed by atoms with van der Waals surface area (Å²) in [6, 6.07) is 1.90. The van der Waals surface area contributed by atoms with Crippen LogP contribution in [0, 0.1) is 0 Å². The SMILES string of the molecule is CC(C)(C)OC(=O)N(CCc1cc(Br)cs1)C(=O)O. The molecule has 19 heavy (non-hydrogen) atoms. The summed E-state index contributed by atoms with van der Waals surface area (Å²) in [6.45, 7) is 5.17. The minimum atomic E-state index is -1.30. The Hall–Kier alpha value is -1.08. The number of hydrogen-bond acceptors (Lipinski definition) is 4. The van der Waals surface area contributed by atoms with Crippen LogP contribution in [0.5, 0.6) is 0 Å². The molecule has 0 aliphatic rings. The van der Waals surface area contributed by atoms with E-state index in [0.29, 0.717) is 11.3 Å². The van der Waals surface area contributed by atoms with Crippen molar-refractivity contribution in [1.29, 1.82) is 0 Å². The predicted octanol–water partition coefficient (Wildman–Crippen LogP) is 3.97. The molecule has 0 saturated carbocycles. The first-order chi connectivity index (χ1) is 8.69. The summed E-state index contributed by atoms with van der Waals surface area (Å²) in [5.74, 6) is 0. The van der Waals surface area contributed by atoms with E-state index in [9.17, 15) is 9.59 Å². The van der Waals surface area contributed by atoms with Crippen LogP contribution < -0.4 is 0 Å². The Morgan fingerprint density at radius 1 is 1.47 bits per heavy atom. The zero-order chi connectivity index (χ0) is 14.6. The van der Waals surface area contributed by atoms with Crippen molar-refractivity contribution in [2.24, 2.45) is 0 Å². The van der Waals surface area contributed by atoms with Gasteiger partial charge in [0.25, 0.3) is 0 Å². The lowest BCUT2D eigenvalue weighted by molar-refractivity contribution is 0.0272. The monoisotopic (exact) mass is 349 g/mol. The first kappa shape index (κ1) is 16.0. The van der Waals surface area contributed by atoms with E-state index < -0.39 is 17.8 Å². The Kier molecular flexibility index (Phi) is 5.37. The third kappa shape index (κ3) is 5.61. The fraction of sp³-hybridized carbons (Fsp3) is 0.500. The number of imide groups is 1. The maximum Gasteiger partial charge on any atom is 0.419 e. The first-order valence-electron chi connectivity index (χ1n) is 5.65. The molecule has 1 heterocycles. The van der Waals surface area contributed by atoms with Gasteiger partial charge in [0.05, 0.1) is 0 Å². The van der Waals surface area contributed by atoms with E-state index in [0.717, 1.165) is 9.35 Å². The van der Waals surface area contributed by atoms with Gasteiger partial charge in [0.1, 0.15) is 5.60 Å². The highest BCUT2D eigenvalue weighted by Crippen LogP contribution is 2.20. The average Bonchev–Trinajstić information content (AvgIpc) is 2.61. The number of hydrogen-bond donors (Lipinski definition) is 1. The Bertz CT molecular complexity index is 467. The van der Waals surface area contributed by atoms with Crippen LogP contribution in [0.4, 0.5) is 9.59 Å². The van der Waals surface area contributed by atoms with E-state index in [2.05, 4.69) is 15.9 Å². The maximum absolute atomic E-state index is 11.7. The lowest BCUT2D eigenvalue weighted by Crippen LogP contribution is -2.41. The molecule has 0 atom stereocenters. The molecule has 0 aliphatic carbocycles. The van der Waals surface area contributed by atoms with Crippen molar-refractivity contribution >= 4 is 39.5 Å². The van der Waals surface area contributed by atoms with Crippen molar-refractivity contribution in [3.8, 4) is 0 Å². The fourth-order valence-electron chi connectivity index (χ4n) is 1.29. The number of carbonyl (C=O) groups excluding carboxylic acids is 1. The first-order valence-corrected chi connectivity index (χ1v) is 7.32. The normalized spacial score (nSPS) is 11.2. The standard InChI is InChI=1S/C12H16BrNO4S/c1-12(2,3)18-11(17)14(10(15)16)5-4-9-6-8(13)7-19-9/h6-7H,4-5H2,1-3H3,(H,15,16). The van der Waals surface area contributed by atoms with Crippen molar-refractivity contribution in [2.75, 3.05) is 6.54 Å². The Labute approximate surface area is 124 Å². The molecule has 106 valence electrons. The molecule has 1 aromatic heterocycles. The van der Waals surface area contributed by atoms with Crippen LogP contribution in [0.1, 0.15) is 25.6 Å². The number of carbonyl (C=O) groups is 2. The van der Waals surface area contributed by atoms with Crippen molar-refractivity contribution < 1.29 is 19.4 Å². The number of ether oxygens (including phenoxy) is 1. The second-order valence-electron chi connectivity index (χ2n) is 4.90. The van der Waals surface area contributed by atoms with E-state index in [1.165, 1.54) is 11.3 Å². The van der Waals surface area contributed by atoms with Gasteiger partial charge >= 0.3 is 12.2 Å². The van der Waals surface area contributed by atoms with Crippen molar-refractivity contribution in [2.45, 2.75) is 32.8 Å². The largest absolute Gasteiger partial charge is 0.465 e. The summed E-state index contributed by atoms with van der Waals surface area (Å²) in [4.78, 5) is 24.5. The Morgan fingerprint density at radius 3 is 2.53 bits per heavy atom. The van der Waals surface area contributed by atoms with Gasteiger partial charge in [-0.3, -0.25) is 0 Å². The quantitative estimate of drug-likeness (QED) is 0.896. The number of thiophene rings is 1. The summed E-state index contributed by atoms with van der Waals surface area (Å²) >= 11 is 4.84. The van der Waals surface area contributed by atoms with Crippen LogP contribution >= 0.6 is 27.3 Å². The van der Waals surface area contributed by atoms with Crippen LogP contribution in [-0.4, -0.2) is 34.3 Å². The lowest BCUT2D eigenvalue weighted by atomic mass is 10.2. The molecule has 1 aromatic rings. The average molecular weight is 350 g/mol. The molecule has 0 spiro atoms. The number of halogens is 1. The van der Waals surface area contributed by atoms with Gasteiger partial charge in [-0.25, -0.2) is 14.5 Å². The molecule has 7 heteroatoms. The zero-order valence-electron chi connectivity index (χ0n) is 11.0. The molecular formula is C12H16BrNO4S. The van der Waals surface area contributed by atoms with Crippen molar-refractivity contribution in [3.63, 3.8) is 0 Å². The molecule has 2 amide bonds. The highest BCUT2D eigenvalue weighted by Gasteiger charge is 2.26. The topological polar surface area (TPSA) is 66.8 Å². The summed E-state index contributed by atoms with van der Waals surface area (Å²) in [6.07, 6.45) is -1.66. The van der Waals surface area contributed by atoms with Gasteiger partial charge in [0, 0.05) is 27.7 Å². The van der Waals surface area contributed by atoms with Crippen molar-refractivity contribution in [3.05, 3.63) is 20.8 Å². The van der Waals surface area contributed by atoms with E-state index in [-0.39, 0.29) is 6.54 Å². The van der Waals surface area contributed by atoms with Gasteiger partial charge in [-0.2, -0.15) is 0 Å². The Balaban J connectivity index is 2.63. The molecule has 0 bridgehead atoms. The maximum atomic E-state index is 11.7. The molecule has 0 fully saturated rings. The lowest BCUT2D eigenvalue weighted by Gasteiger charge is -2.24. The number of rotatable bonds is 3. The second-order valence-corrected chi connectivity index (χ2v) is 6.81. The van der Waals surface area contributed by atoms with Crippen LogP contribution in [-0.2, 0) is 11.2 Å². The summed E-state index contributed by atoms with van der Waals surface area (Å²) in [5.41, 5.74) is -0.712. The van der Waals surface area contributed by atoms with Gasteiger partial charge < -0.3 is 9.84 Å². The van der Waals surface area contributed by atoms with Crippen LogP contribution in [0.25, 0.3) is 0 Å². The van der Waals surface area contributed by atoms with Gasteiger partial charge in [-0.15, -0.1) is 11.3 Å². The van der Waals surface area contributed by atoms with Crippen LogP contribution in [0.2, 0.25) is 0 Å². The zero-order valence-corrected chi connectivity index (χ0v) is 13.4. The summed E-state index contributed by atoms with van der Waals surface area (Å²) in [5, 5.41) is 11.0. The number of carboxylic acid groups (broad SMARTS) is 1. The molecule has 0 radical (unpaired) electrons. The predicted molar refractivity (Wildman–Crippen MR) is 76.7 cm³/mol. The molecule has 1 N–H and O–H groups in total. The molecule has 0 saturated heterocycles. The van der Waals surface area contributed by atoms with E-state index in [1.807, 2.05) is 11.4 Å². The van der Waals surface area contributed by atoms with E-state index >= 15 is 0 Å². The number of amides is 2. The molecule has 1 rings (SSSR count). The van der Waals surface area contributed by atoms with Crippen LogP contribution in [0.3, 0.4) is 0 Å². The highest BCUT2D eigenvalue weighted by molar-refractivity contribution is 9.10. The highest BCUT2D eigenvalue weighted by atomic mass is 79.9. The Morgan fingerprint density at radius 2 is 2.11 bits per heavy atom. The third-order valence-corrected chi connectivity index (χ3v) is 3.81. The van der Waals surface area contributed by atoms with Crippen LogP contribution in [0.15, 0.2) is 15.9 Å². The van der Waals surface area contributed by atoms with Gasteiger partial charge in [-0.1, -0.05) is 0 Å². The van der Waals surface area contributed by atoms with Gasteiger partial charge in [0.15, 0.2) is 0 Å². The third-order valence-electron chi connectivity index (χ3n) is 2.05. The summed E-state index contributed by atoms with van der Waals surface area (Å²) in [7, 11) is 0. The molecular weight excluding hydrogens is 334 g/mol. The molecule has 0 aromatic carbocycles. The second kappa shape index (κ2) is 6.38. The van der Waals surface area contributed by atoms with Gasteiger partial charge in [-0.05, 0) is 42.8 Å².